The first-order valence-corrected chi connectivity index (χ1v) is 8.13. The Balaban J connectivity index is 1.66. The van der Waals surface area contributed by atoms with Crippen LogP contribution < -0.4 is 0 Å². The van der Waals surface area contributed by atoms with Crippen LogP contribution >= 0.6 is 0 Å². The number of pyridine rings is 1. The molecule has 0 aliphatic heterocycles. The molecule has 3 aromatic rings. The van der Waals surface area contributed by atoms with E-state index in [-0.39, 0.29) is 5.91 Å². The fraction of sp³-hybridized carbons (Fsp3) is 0.211. The van der Waals surface area contributed by atoms with E-state index < -0.39 is 0 Å². The van der Waals surface area contributed by atoms with Gasteiger partial charge >= 0.3 is 0 Å². The maximum Gasteiger partial charge on any atom is 0.258 e. The number of amides is 1. The van der Waals surface area contributed by atoms with Gasteiger partial charge in [0.1, 0.15) is 0 Å². The molecule has 5 heteroatoms. The summed E-state index contributed by atoms with van der Waals surface area (Å²) in [5, 5.41) is 4.22. The molecule has 0 unspecified atom stereocenters. The average molecular weight is 318 g/mol. The zero-order valence-corrected chi connectivity index (χ0v) is 13.2. The molecule has 0 N–H and O–H groups in total. The highest BCUT2D eigenvalue weighted by molar-refractivity contribution is 5.97. The summed E-state index contributed by atoms with van der Waals surface area (Å²) >= 11 is 0. The van der Waals surface area contributed by atoms with Crippen LogP contribution in [-0.2, 0) is 6.54 Å². The number of aromatic nitrogens is 3. The molecule has 24 heavy (non-hydrogen) atoms. The highest BCUT2D eigenvalue weighted by Crippen LogP contribution is 2.30. The lowest BCUT2D eigenvalue weighted by molar-refractivity contribution is 0.0729. The molecule has 0 spiro atoms. The predicted molar refractivity (Wildman–Crippen MR) is 90.7 cm³/mol. The Morgan fingerprint density at radius 2 is 1.92 bits per heavy atom. The van der Waals surface area contributed by atoms with Crippen molar-refractivity contribution < 1.29 is 4.79 Å². The number of hydrogen-bond donors (Lipinski definition) is 0. The third-order valence-corrected chi connectivity index (χ3v) is 4.18. The minimum absolute atomic E-state index is 0.0138. The molecular formula is C19H18N4O. The van der Waals surface area contributed by atoms with Crippen LogP contribution in [0.3, 0.4) is 0 Å². The maximum absolute atomic E-state index is 13.2. The molecule has 1 saturated carbocycles. The number of benzene rings is 1. The zero-order valence-electron chi connectivity index (χ0n) is 13.2. The van der Waals surface area contributed by atoms with Gasteiger partial charge in [-0.3, -0.25) is 4.79 Å². The van der Waals surface area contributed by atoms with Crippen molar-refractivity contribution in [1.29, 1.82) is 0 Å². The quantitative estimate of drug-likeness (QED) is 0.726. The first-order valence-electron chi connectivity index (χ1n) is 8.13. The first-order chi connectivity index (χ1) is 11.8. The van der Waals surface area contributed by atoms with Gasteiger partial charge in [0.2, 0.25) is 0 Å². The van der Waals surface area contributed by atoms with E-state index in [9.17, 15) is 4.79 Å². The zero-order chi connectivity index (χ0) is 16.4. The largest absolute Gasteiger partial charge is 0.331 e. The van der Waals surface area contributed by atoms with E-state index in [0.717, 1.165) is 18.4 Å². The van der Waals surface area contributed by atoms with Crippen molar-refractivity contribution in [2.75, 3.05) is 0 Å². The van der Waals surface area contributed by atoms with Gasteiger partial charge < -0.3 is 4.90 Å². The summed E-state index contributed by atoms with van der Waals surface area (Å²) in [5.41, 5.74) is 1.73. The smallest absolute Gasteiger partial charge is 0.258 e. The lowest BCUT2D eigenvalue weighted by atomic mass is 10.1. The van der Waals surface area contributed by atoms with Crippen LogP contribution in [0.2, 0.25) is 0 Å². The highest BCUT2D eigenvalue weighted by Gasteiger charge is 2.34. The highest BCUT2D eigenvalue weighted by atomic mass is 16.2. The maximum atomic E-state index is 13.2. The van der Waals surface area contributed by atoms with Gasteiger partial charge in [-0.1, -0.05) is 30.3 Å². The van der Waals surface area contributed by atoms with E-state index in [4.69, 9.17) is 0 Å². The molecule has 0 atom stereocenters. The second-order valence-electron chi connectivity index (χ2n) is 5.98. The van der Waals surface area contributed by atoms with Gasteiger partial charge in [-0.25, -0.2) is 9.67 Å². The van der Waals surface area contributed by atoms with Crippen LogP contribution in [-0.4, -0.2) is 31.6 Å². The van der Waals surface area contributed by atoms with Gasteiger partial charge in [-0.2, -0.15) is 5.10 Å². The second-order valence-corrected chi connectivity index (χ2v) is 5.98. The average Bonchev–Trinajstić information content (AvgIpc) is 3.33. The molecule has 120 valence electrons. The van der Waals surface area contributed by atoms with Crippen molar-refractivity contribution >= 4 is 5.91 Å². The minimum atomic E-state index is 0.0138. The molecule has 0 bridgehead atoms. The molecule has 1 aromatic carbocycles. The third-order valence-electron chi connectivity index (χ3n) is 4.18. The molecule has 0 radical (unpaired) electrons. The number of hydrogen-bond acceptors (Lipinski definition) is 3. The third kappa shape index (κ3) is 2.93. The number of rotatable bonds is 5. The van der Waals surface area contributed by atoms with Crippen molar-refractivity contribution in [2.45, 2.75) is 25.4 Å². The van der Waals surface area contributed by atoms with Crippen LogP contribution in [0.5, 0.6) is 0 Å². The van der Waals surface area contributed by atoms with Crippen molar-refractivity contribution in [3.05, 3.63) is 78.2 Å². The molecule has 4 rings (SSSR count). The summed E-state index contributed by atoms with van der Waals surface area (Å²) < 4.78 is 1.64. The van der Waals surface area contributed by atoms with E-state index in [1.165, 1.54) is 0 Å². The fourth-order valence-electron chi connectivity index (χ4n) is 2.83. The molecule has 2 heterocycles. The Kier molecular flexibility index (Phi) is 3.83. The Hall–Kier alpha value is -2.95. The standard InChI is InChI=1S/C19H18N4O/c24-19(17-8-4-11-20-18(17)23-13-5-12-21-23)22(16-9-10-16)14-15-6-2-1-3-7-15/h1-8,11-13,16H,9-10,14H2. The Bertz CT molecular complexity index is 826. The summed E-state index contributed by atoms with van der Waals surface area (Å²) in [7, 11) is 0. The van der Waals surface area contributed by atoms with Gasteiger partial charge in [0.05, 0.1) is 5.56 Å². The minimum Gasteiger partial charge on any atom is -0.331 e. The van der Waals surface area contributed by atoms with E-state index in [1.54, 1.807) is 29.3 Å². The van der Waals surface area contributed by atoms with Gasteiger partial charge in [0.15, 0.2) is 5.82 Å². The van der Waals surface area contributed by atoms with Crippen molar-refractivity contribution in [3.8, 4) is 5.82 Å². The molecular weight excluding hydrogens is 300 g/mol. The summed E-state index contributed by atoms with van der Waals surface area (Å²) in [6, 6.07) is 15.9. The summed E-state index contributed by atoms with van der Waals surface area (Å²) in [6.07, 6.45) is 7.31. The van der Waals surface area contributed by atoms with Gasteiger partial charge in [0.25, 0.3) is 5.91 Å². The van der Waals surface area contributed by atoms with Crippen LogP contribution in [0.1, 0.15) is 28.8 Å². The molecule has 1 aliphatic rings. The fourth-order valence-corrected chi connectivity index (χ4v) is 2.83. The summed E-state index contributed by atoms with van der Waals surface area (Å²) in [4.78, 5) is 19.5. The lowest BCUT2D eigenvalue weighted by Gasteiger charge is -2.23. The molecule has 5 nitrogen and oxygen atoms in total. The second kappa shape index (κ2) is 6.28. The van der Waals surface area contributed by atoms with Crippen LogP contribution in [0.25, 0.3) is 5.82 Å². The Labute approximate surface area is 140 Å². The van der Waals surface area contributed by atoms with Crippen molar-refractivity contribution in [2.24, 2.45) is 0 Å². The summed E-state index contributed by atoms with van der Waals surface area (Å²) in [5.74, 6) is 0.589. The van der Waals surface area contributed by atoms with E-state index in [1.807, 2.05) is 35.2 Å². The Morgan fingerprint density at radius 1 is 1.08 bits per heavy atom. The SMILES string of the molecule is O=C(c1cccnc1-n1cccn1)N(Cc1ccccc1)C1CC1. The van der Waals surface area contributed by atoms with E-state index in [0.29, 0.717) is 24.0 Å². The lowest BCUT2D eigenvalue weighted by Crippen LogP contribution is -2.33. The monoisotopic (exact) mass is 318 g/mol. The number of carbonyl (C=O) groups excluding carboxylic acids is 1. The molecule has 1 amide bonds. The Morgan fingerprint density at radius 3 is 2.62 bits per heavy atom. The van der Waals surface area contributed by atoms with Crippen molar-refractivity contribution in [1.82, 2.24) is 19.7 Å². The predicted octanol–water partition coefficient (Wildman–Crippen LogP) is 3.07. The van der Waals surface area contributed by atoms with Gasteiger partial charge in [-0.05, 0) is 36.6 Å². The summed E-state index contributed by atoms with van der Waals surface area (Å²) in [6.45, 7) is 0.623. The normalized spacial score (nSPS) is 13.7. The molecule has 0 saturated heterocycles. The molecule has 2 aromatic heterocycles. The topological polar surface area (TPSA) is 51.0 Å². The van der Waals surface area contributed by atoms with Crippen LogP contribution in [0, 0.1) is 0 Å². The molecule has 1 fully saturated rings. The van der Waals surface area contributed by atoms with E-state index >= 15 is 0 Å². The number of nitrogens with zero attached hydrogens (tertiary/aromatic N) is 4. The van der Waals surface area contributed by atoms with Crippen molar-refractivity contribution in [3.63, 3.8) is 0 Å². The van der Waals surface area contributed by atoms with E-state index in [2.05, 4.69) is 22.2 Å². The van der Waals surface area contributed by atoms with Gasteiger partial charge in [-0.15, -0.1) is 0 Å². The van der Waals surface area contributed by atoms with Gasteiger partial charge in [0, 0.05) is 31.2 Å². The number of carbonyl (C=O) groups is 1. The van der Waals surface area contributed by atoms with Crippen LogP contribution in [0.4, 0.5) is 0 Å². The first kappa shape index (κ1) is 14.6. The van der Waals surface area contributed by atoms with Crippen LogP contribution in [0.15, 0.2) is 67.1 Å². The molecule has 1 aliphatic carbocycles.